The number of aromatic nitrogens is 3. The third-order valence-electron chi connectivity index (χ3n) is 5.52. The van der Waals surface area contributed by atoms with E-state index in [1.54, 1.807) is 6.20 Å². The van der Waals surface area contributed by atoms with E-state index in [-0.39, 0.29) is 29.5 Å². The van der Waals surface area contributed by atoms with E-state index >= 15 is 0 Å². The molecule has 27 heavy (non-hydrogen) atoms. The lowest BCUT2D eigenvalue weighted by molar-refractivity contribution is -0.132. The van der Waals surface area contributed by atoms with Crippen molar-refractivity contribution in [2.75, 3.05) is 18.8 Å². The topological polar surface area (TPSA) is 109 Å². The van der Waals surface area contributed by atoms with Crippen LogP contribution in [-0.4, -0.2) is 67.4 Å². The van der Waals surface area contributed by atoms with Gasteiger partial charge in [-0.05, 0) is 12.8 Å². The minimum absolute atomic E-state index is 0.0589. The molecule has 0 radical (unpaired) electrons. The molecule has 0 aromatic carbocycles. The summed E-state index contributed by atoms with van der Waals surface area (Å²) in [5, 5.41) is 12.8. The lowest BCUT2D eigenvalue weighted by Crippen LogP contribution is -2.50. The second-order valence-corrected chi connectivity index (χ2v) is 9.10. The highest BCUT2D eigenvalue weighted by Crippen LogP contribution is 2.42. The number of hydrogen-bond acceptors (Lipinski definition) is 6. The average molecular weight is 392 g/mol. The molecule has 2 aliphatic heterocycles. The van der Waals surface area contributed by atoms with Gasteiger partial charge in [0.2, 0.25) is 5.91 Å². The van der Waals surface area contributed by atoms with Crippen LogP contribution in [0.3, 0.4) is 0 Å². The van der Waals surface area contributed by atoms with Crippen molar-refractivity contribution in [2.24, 2.45) is 0 Å². The standard InChI is InChI=1S/C17H24N6O3S/c24-14(22-6-7-27-17(11-22)4-2-1-3-5-17)10-23-9-12(20-21-23)8-13-15(25)19-16(26)18-13/h9,13H,1-8,10-11H2,(H2,18,19,25,26). The molecular formula is C17H24N6O3S. The molecule has 1 atom stereocenters. The Bertz CT molecular complexity index is 739. The predicted molar refractivity (Wildman–Crippen MR) is 99.0 cm³/mol. The summed E-state index contributed by atoms with van der Waals surface area (Å²) in [6.45, 7) is 1.75. The number of rotatable bonds is 4. The summed E-state index contributed by atoms with van der Waals surface area (Å²) in [6.07, 6.45) is 8.14. The molecule has 9 nitrogen and oxygen atoms in total. The van der Waals surface area contributed by atoms with Gasteiger partial charge in [0.25, 0.3) is 5.91 Å². The van der Waals surface area contributed by atoms with Crippen LogP contribution in [0.1, 0.15) is 37.8 Å². The quantitative estimate of drug-likeness (QED) is 0.714. The number of nitrogens with one attached hydrogen (secondary N) is 2. The van der Waals surface area contributed by atoms with E-state index in [4.69, 9.17) is 0 Å². The normalized spacial score (nSPS) is 24.7. The number of urea groups is 1. The van der Waals surface area contributed by atoms with Crippen molar-refractivity contribution in [2.45, 2.75) is 55.9 Å². The lowest BCUT2D eigenvalue weighted by atomic mass is 9.87. The number of nitrogens with zero attached hydrogens (tertiary/aromatic N) is 4. The zero-order valence-electron chi connectivity index (χ0n) is 15.1. The average Bonchev–Trinajstić information content (AvgIpc) is 3.21. The van der Waals surface area contributed by atoms with Gasteiger partial charge in [0.1, 0.15) is 12.6 Å². The second kappa shape index (κ2) is 7.49. The highest BCUT2D eigenvalue weighted by Gasteiger charge is 2.38. The number of carbonyl (C=O) groups is 3. The first-order chi connectivity index (χ1) is 13.0. The van der Waals surface area contributed by atoms with Crippen molar-refractivity contribution in [3.05, 3.63) is 11.9 Å². The Hall–Kier alpha value is -2.10. The Kier molecular flexibility index (Phi) is 5.07. The highest BCUT2D eigenvalue weighted by molar-refractivity contribution is 8.00. The summed E-state index contributed by atoms with van der Waals surface area (Å²) in [6, 6.07) is -1.13. The Balaban J connectivity index is 1.34. The maximum Gasteiger partial charge on any atom is 0.322 e. The summed E-state index contributed by atoms with van der Waals surface area (Å²) >= 11 is 2.04. The van der Waals surface area contributed by atoms with Gasteiger partial charge in [-0.2, -0.15) is 11.8 Å². The van der Waals surface area contributed by atoms with Crippen LogP contribution < -0.4 is 10.6 Å². The van der Waals surface area contributed by atoms with Crippen LogP contribution in [0.5, 0.6) is 0 Å². The molecule has 4 rings (SSSR count). The Labute approximate surface area is 161 Å². The van der Waals surface area contributed by atoms with Crippen molar-refractivity contribution >= 4 is 29.6 Å². The molecule has 1 spiro atoms. The molecule has 3 aliphatic rings. The van der Waals surface area contributed by atoms with E-state index in [2.05, 4.69) is 20.9 Å². The summed E-state index contributed by atoms with van der Waals surface area (Å²) < 4.78 is 1.76. The van der Waals surface area contributed by atoms with Crippen LogP contribution in [0, 0.1) is 0 Å². The number of thioether (sulfide) groups is 1. The minimum Gasteiger partial charge on any atom is -0.339 e. The van der Waals surface area contributed by atoms with Gasteiger partial charge in [-0.3, -0.25) is 14.9 Å². The lowest BCUT2D eigenvalue weighted by Gasteiger charge is -2.44. The fourth-order valence-corrected chi connectivity index (χ4v) is 5.69. The monoisotopic (exact) mass is 392 g/mol. The summed E-state index contributed by atoms with van der Waals surface area (Å²) in [5.41, 5.74) is 0.572. The molecule has 2 saturated heterocycles. The maximum atomic E-state index is 12.7. The molecule has 1 saturated carbocycles. The van der Waals surface area contributed by atoms with Crippen LogP contribution in [0.25, 0.3) is 0 Å². The van der Waals surface area contributed by atoms with Gasteiger partial charge in [0, 0.05) is 36.2 Å². The van der Waals surface area contributed by atoms with E-state index < -0.39 is 12.1 Å². The number of imide groups is 1. The predicted octanol–water partition coefficient (Wildman–Crippen LogP) is 0.307. The fraction of sp³-hybridized carbons (Fsp3) is 0.706. The Morgan fingerprint density at radius 2 is 2.11 bits per heavy atom. The largest absolute Gasteiger partial charge is 0.339 e. The number of carbonyl (C=O) groups excluding carboxylic acids is 3. The first-order valence-corrected chi connectivity index (χ1v) is 10.4. The van der Waals surface area contributed by atoms with Crippen LogP contribution >= 0.6 is 11.8 Å². The van der Waals surface area contributed by atoms with Crippen molar-refractivity contribution in [3.63, 3.8) is 0 Å². The molecule has 1 aromatic rings. The van der Waals surface area contributed by atoms with Crippen molar-refractivity contribution in [1.29, 1.82) is 0 Å². The molecule has 146 valence electrons. The highest BCUT2D eigenvalue weighted by atomic mass is 32.2. The minimum atomic E-state index is -0.636. The Morgan fingerprint density at radius 1 is 1.30 bits per heavy atom. The summed E-state index contributed by atoms with van der Waals surface area (Å²) in [7, 11) is 0. The summed E-state index contributed by atoms with van der Waals surface area (Å²) in [4.78, 5) is 37.5. The molecule has 2 N–H and O–H groups in total. The fourth-order valence-electron chi connectivity index (χ4n) is 4.12. The van der Waals surface area contributed by atoms with Crippen LogP contribution in [0.15, 0.2) is 6.20 Å². The third-order valence-corrected chi connectivity index (χ3v) is 7.06. The molecule has 10 heteroatoms. The smallest absolute Gasteiger partial charge is 0.322 e. The third kappa shape index (κ3) is 4.10. The van der Waals surface area contributed by atoms with E-state index in [1.807, 2.05) is 16.7 Å². The molecule has 1 aromatic heterocycles. The zero-order valence-corrected chi connectivity index (χ0v) is 16.0. The Morgan fingerprint density at radius 3 is 2.85 bits per heavy atom. The number of amides is 4. The molecule has 1 unspecified atom stereocenters. The van der Waals surface area contributed by atoms with Gasteiger partial charge >= 0.3 is 6.03 Å². The van der Waals surface area contributed by atoms with Crippen molar-refractivity contribution in [1.82, 2.24) is 30.5 Å². The van der Waals surface area contributed by atoms with Gasteiger partial charge < -0.3 is 10.2 Å². The molecule has 1 aliphatic carbocycles. The zero-order chi connectivity index (χ0) is 18.9. The first-order valence-electron chi connectivity index (χ1n) is 9.45. The van der Waals surface area contributed by atoms with Crippen LogP contribution in [-0.2, 0) is 22.6 Å². The van der Waals surface area contributed by atoms with E-state index in [0.717, 1.165) is 18.8 Å². The van der Waals surface area contributed by atoms with Gasteiger partial charge in [0.05, 0.1) is 5.69 Å². The van der Waals surface area contributed by atoms with Gasteiger partial charge in [-0.15, -0.1) is 5.10 Å². The molecule has 3 fully saturated rings. The molecule has 3 heterocycles. The first kappa shape index (κ1) is 18.3. The SMILES string of the molecule is O=C1NC(=O)C(Cc2cn(CC(=O)N3CCSC4(CCCCC4)C3)nn2)N1. The number of hydrogen-bond donors (Lipinski definition) is 2. The summed E-state index contributed by atoms with van der Waals surface area (Å²) in [5.74, 6) is 0.683. The van der Waals surface area contributed by atoms with E-state index in [0.29, 0.717) is 5.69 Å². The van der Waals surface area contributed by atoms with Crippen LogP contribution in [0.2, 0.25) is 0 Å². The van der Waals surface area contributed by atoms with Gasteiger partial charge in [0.15, 0.2) is 0 Å². The van der Waals surface area contributed by atoms with E-state index in [1.165, 1.54) is 36.8 Å². The van der Waals surface area contributed by atoms with Gasteiger partial charge in [-0.1, -0.05) is 24.5 Å². The van der Waals surface area contributed by atoms with E-state index in [9.17, 15) is 14.4 Å². The van der Waals surface area contributed by atoms with Crippen LogP contribution in [0.4, 0.5) is 4.79 Å². The van der Waals surface area contributed by atoms with Crippen molar-refractivity contribution < 1.29 is 14.4 Å². The van der Waals surface area contributed by atoms with Crippen molar-refractivity contribution in [3.8, 4) is 0 Å². The molecular weight excluding hydrogens is 368 g/mol. The second-order valence-electron chi connectivity index (χ2n) is 7.53. The molecule has 0 bridgehead atoms. The maximum absolute atomic E-state index is 12.7. The molecule has 4 amide bonds. The van der Waals surface area contributed by atoms with Gasteiger partial charge in [-0.25, -0.2) is 9.48 Å².